The quantitative estimate of drug-likeness (QED) is 0.914. The number of aliphatic hydroxyl groups excluding tert-OH is 1. The Morgan fingerprint density at radius 1 is 1.38 bits per heavy atom. The number of nitrogens with zero attached hydrogens (tertiary/aromatic N) is 1. The molecular weight excluding hydrogens is 262 g/mol. The maximum absolute atomic E-state index is 10.9. The van der Waals surface area contributed by atoms with E-state index in [0.29, 0.717) is 11.8 Å². The molecule has 0 amide bonds. The maximum atomic E-state index is 10.9. The Morgan fingerprint density at radius 2 is 2.19 bits per heavy atom. The first-order valence-electron chi connectivity index (χ1n) is 7.91. The minimum absolute atomic E-state index is 0.102. The summed E-state index contributed by atoms with van der Waals surface area (Å²) in [6.07, 6.45) is 3.63. The van der Waals surface area contributed by atoms with E-state index in [4.69, 9.17) is 4.74 Å². The largest absolute Gasteiger partial charge is 0.491 e. The Balaban J connectivity index is 1.88. The topological polar surface area (TPSA) is 53.2 Å². The van der Waals surface area contributed by atoms with Crippen LogP contribution in [0.25, 0.3) is 0 Å². The van der Waals surface area contributed by atoms with Gasteiger partial charge in [0.2, 0.25) is 0 Å². The SMILES string of the molecule is CC(C)Oc1cccc(C(O)C2(C#N)CC3CCC2C3)c1. The number of benzene rings is 1. The Labute approximate surface area is 126 Å². The minimum Gasteiger partial charge on any atom is -0.491 e. The lowest BCUT2D eigenvalue weighted by Crippen LogP contribution is -2.33. The molecule has 2 fully saturated rings. The van der Waals surface area contributed by atoms with Gasteiger partial charge in [-0.2, -0.15) is 5.26 Å². The highest BCUT2D eigenvalue weighted by Gasteiger charge is 2.55. The molecule has 2 aliphatic carbocycles. The van der Waals surface area contributed by atoms with E-state index in [2.05, 4.69) is 6.07 Å². The number of ether oxygens (including phenoxy) is 1. The zero-order valence-corrected chi connectivity index (χ0v) is 12.7. The average molecular weight is 285 g/mol. The van der Waals surface area contributed by atoms with E-state index < -0.39 is 11.5 Å². The van der Waals surface area contributed by atoms with E-state index in [-0.39, 0.29) is 6.10 Å². The molecule has 4 unspecified atom stereocenters. The second kappa shape index (κ2) is 5.35. The molecule has 4 atom stereocenters. The van der Waals surface area contributed by atoms with E-state index in [9.17, 15) is 10.4 Å². The lowest BCUT2D eigenvalue weighted by atomic mass is 9.68. The monoisotopic (exact) mass is 285 g/mol. The van der Waals surface area contributed by atoms with Crippen molar-refractivity contribution in [3.8, 4) is 11.8 Å². The van der Waals surface area contributed by atoms with Crippen LogP contribution < -0.4 is 4.74 Å². The van der Waals surface area contributed by atoms with Crippen LogP contribution in [0.2, 0.25) is 0 Å². The number of nitriles is 1. The first-order chi connectivity index (χ1) is 10.0. The second-order valence-corrected chi connectivity index (χ2v) is 6.87. The molecule has 1 aromatic carbocycles. The van der Waals surface area contributed by atoms with Crippen molar-refractivity contribution in [2.45, 2.75) is 51.7 Å². The van der Waals surface area contributed by atoms with E-state index in [1.54, 1.807) is 0 Å². The van der Waals surface area contributed by atoms with Crippen LogP contribution in [-0.4, -0.2) is 11.2 Å². The van der Waals surface area contributed by atoms with Gasteiger partial charge >= 0.3 is 0 Å². The molecule has 0 radical (unpaired) electrons. The second-order valence-electron chi connectivity index (χ2n) is 6.87. The summed E-state index contributed by atoms with van der Waals surface area (Å²) in [5, 5.41) is 20.6. The van der Waals surface area contributed by atoms with E-state index in [0.717, 1.165) is 30.6 Å². The van der Waals surface area contributed by atoms with Gasteiger partial charge in [-0.25, -0.2) is 0 Å². The van der Waals surface area contributed by atoms with E-state index in [1.165, 1.54) is 6.42 Å². The van der Waals surface area contributed by atoms with Crippen molar-refractivity contribution in [1.82, 2.24) is 0 Å². The first-order valence-corrected chi connectivity index (χ1v) is 7.91. The van der Waals surface area contributed by atoms with Gasteiger partial charge in [0.25, 0.3) is 0 Å². The zero-order chi connectivity index (χ0) is 15.0. The molecular formula is C18H23NO2. The van der Waals surface area contributed by atoms with Gasteiger partial charge in [-0.3, -0.25) is 0 Å². The summed E-state index contributed by atoms with van der Waals surface area (Å²) in [5.74, 6) is 1.73. The van der Waals surface area contributed by atoms with Gasteiger partial charge < -0.3 is 9.84 Å². The highest BCUT2D eigenvalue weighted by atomic mass is 16.5. The normalized spacial score (nSPS) is 32.1. The number of aliphatic hydroxyl groups is 1. The third-order valence-corrected chi connectivity index (χ3v) is 5.14. The molecule has 2 bridgehead atoms. The Bertz CT molecular complexity index is 563. The first kappa shape index (κ1) is 14.4. The number of fused-ring (bicyclic) bond motifs is 2. The third kappa shape index (κ3) is 2.42. The van der Waals surface area contributed by atoms with Crippen LogP contribution in [0.3, 0.4) is 0 Å². The summed E-state index contributed by atoms with van der Waals surface area (Å²) >= 11 is 0. The third-order valence-electron chi connectivity index (χ3n) is 5.14. The smallest absolute Gasteiger partial charge is 0.120 e. The fourth-order valence-electron chi connectivity index (χ4n) is 4.23. The molecule has 3 rings (SSSR count). The molecule has 112 valence electrons. The predicted molar refractivity (Wildman–Crippen MR) is 80.7 cm³/mol. The summed E-state index contributed by atoms with van der Waals surface area (Å²) in [7, 11) is 0. The van der Waals surface area contributed by atoms with Gasteiger partial charge in [0, 0.05) is 0 Å². The Kier molecular flexibility index (Phi) is 3.67. The van der Waals surface area contributed by atoms with Crippen LogP contribution in [0.15, 0.2) is 24.3 Å². The van der Waals surface area contributed by atoms with Gasteiger partial charge in [-0.15, -0.1) is 0 Å². The molecule has 0 saturated heterocycles. The van der Waals surface area contributed by atoms with Crippen molar-refractivity contribution in [3.63, 3.8) is 0 Å². The predicted octanol–water partition coefficient (Wildman–Crippen LogP) is 3.84. The molecule has 2 saturated carbocycles. The number of hydrogen-bond donors (Lipinski definition) is 1. The lowest BCUT2D eigenvalue weighted by molar-refractivity contribution is 0.0231. The summed E-state index contributed by atoms with van der Waals surface area (Å²) in [6, 6.07) is 10.1. The van der Waals surface area contributed by atoms with Gasteiger partial charge in [0.1, 0.15) is 5.75 Å². The molecule has 1 aromatic rings. The molecule has 3 nitrogen and oxygen atoms in total. The van der Waals surface area contributed by atoms with Gasteiger partial charge in [-0.05, 0) is 62.6 Å². The molecule has 0 heterocycles. The van der Waals surface area contributed by atoms with Crippen LogP contribution in [-0.2, 0) is 0 Å². The van der Waals surface area contributed by atoms with Crippen molar-refractivity contribution in [2.75, 3.05) is 0 Å². The lowest BCUT2D eigenvalue weighted by Gasteiger charge is -2.35. The summed E-state index contributed by atoms with van der Waals surface area (Å²) < 4.78 is 5.70. The molecule has 2 aliphatic rings. The molecule has 0 spiro atoms. The average Bonchev–Trinajstić information content (AvgIpc) is 3.07. The van der Waals surface area contributed by atoms with Crippen LogP contribution in [0.1, 0.15) is 51.2 Å². The van der Waals surface area contributed by atoms with E-state index >= 15 is 0 Å². The van der Waals surface area contributed by atoms with Gasteiger partial charge in [0.15, 0.2) is 0 Å². The van der Waals surface area contributed by atoms with Crippen molar-refractivity contribution in [3.05, 3.63) is 29.8 Å². The standard InChI is InChI=1S/C18H23NO2/c1-12(2)21-16-5-3-4-14(9-16)17(20)18(11-19)10-13-6-7-15(18)8-13/h3-5,9,12-13,15,17,20H,6-8,10H2,1-2H3. The van der Waals surface area contributed by atoms with Gasteiger partial charge in [0.05, 0.1) is 23.7 Å². The fraction of sp³-hybridized carbons (Fsp3) is 0.611. The zero-order valence-electron chi connectivity index (χ0n) is 12.7. The number of hydrogen-bond acceptors (Lipinski definition) is 3. The molecule has 3 heteroatoms. The van der Waals surface area contributed by atoms with Crippen LogP contribution in [0.4, 0.5) is 0 Å². The van der Waals surface area contributed by atoms with Gasteiger partial charge in [-0.1, -0.05) is 18.6 Å². The van der Waals surface area contributed by atoms with Crippen LogP contribution in [0.5, 0.6) is 5.75 Å². The highest BCUT2D eigenvalue weighted by molar-refractivity contribution is 5.33. The summed E-state index contributed by atoms with van der Waals surface area (Å²) in [5.41, 5.74) is 0.210. The molecule has 0 aliphatic heterocycles. The summed E-state index contributed by atoms with van der Waals surface area (Å²) in [4.78, 5) is 0. The van der Waals surface area contributed by atoms with E-state index in [1.807, 2.05) is 38.1 Å². The summed E-state index contributed by atoms with van der Waals surface area (Å²) in [6.45, 7) is 3.96. The van der Waals surface area contributed by atoms with Crippen molar-refractivity contribution in [2.24, 2.45) is 17.3 Å². The Hall–Kier alpha value is -1.53. The molecule has 1 N–H and O–H groups in total. The molecule has 21 heavy (non-hydrogen) atoms. The fourth-order valence-corrected chi connectivity index (χ4v) is 4.23. The van der Waals surface area contributed by atoms with Crippen LogP contribution in [0, 0.1) is 28.6 Å². The van der Waals surface area contributed by atoms with Crippen molar-refractivity contribution < 1.29 is 9.84 Å². The van der Waals surface area contributed by atoms with Crippen LogP contribution >= 0.6 is 0 Å². The Morgan fingerprint density at radius 3 is 2.76 bits per heavy atom. The highest BCUT2D eigenvalue weighted by Crippen LogP contribution is 2.60. The molecule has 0 aromatic heterocycles. The minimum atomic E-state index is -0.714. The number of rotatable bonds is 4. The van der Waals surface area contributed by atoms with Crippen molar-refractivity contribution >= 4 is 0 Å². The van der Waals surface area contributed by atoms with Crippen molar-refractivity contribution in [1.29, 1.82) is 5.26 Å². The maximum Gasteiger partial charge on any atom is 0.120 e.